The van der Waals surface area contributed by atoms with Crippen molar-refractivity contribution in [2.45, 2.75) is 22.1 Å². The van der Waals surface area contributed by atoms with Crippen LogP contribution < -0.4 is 0 Å². The molecule has 0 saturated carbocycles. The first-order chi connectivity index (χ1) is 10.4. The number of hydrogen-bond donors (Lipinski definition) is 0. The second-order valence-corrected chi connectivity index (χ2v) is 6.50. The molecule has 0 spiro atoms. The summed E-state index contributed by atoms with van der Waals surface area (Å²) >= 11 is 1.90. The lowest BCUT2D eigenvalue weighted by atomic mass is 9.85. The highest BCUT2D eigenvalue weighted by molar-refractivity contribution is 7.99. The zero-order valence-corrected chi connectivity index (χ0v) is 12.5. The van der Waals surface area contributed by atoms with E-state index >= 15 is 0 Å². The second-order valence-electron chi connectivity index (χ2n) is 5.42. The van der Waals surface area contributed by atoms with E-state index in [9.17, 15) is 0 Å². The second kappa shape index (κ2) is 5.42. The van der Waals surface area contributed by atoms with Crippen LogP contribution in [0.25, 0.3) is 0 Å². The fraction of sp³-hybridized carbons (Fsp3) is 0.100. The Labute approximate surface area is 129 Å². The van der Waals surface area contributed by atoms with Crippen LogP contribution in [0.1, 0.15) is 22.6 Å². The van der Waals surface area contributed by atoms with Crippen LogP contribution >= 0.6 is 11.8 Å². The molecule has 4 rings (SSSR count). The van der Waals surface area contributed by atoms with Gasteiger partial charge >= 0.3 is 0 Å². The lowest BCUT2D eigenvalue weighted by molar-refractivity contribution is 0.762. The molecule has 21 heavy (non-hydrogen) atoms. The van der Waals surface area contributed by atoms with Crippen molar-refractivity contribution in [2.24, 2.45) is 0 Å². The maximum atomic E-state index is 2.28. The van der Waals surface area contributed by atoms with Crippen LogP contribution in [0, 0.1) is 0 Å². The quantitative estimate of drug-likeness (QED) is 0.598. The SMILES string of the molecule is c1ccc(CC2c3ccccc3Sc3ccccc32)cc1. The molecule has 0 aromatic heterocycles. The van der Waals surface area contributed by atoms with E-state index in [1.165, 1.54) is 26.5 Å². The van der Waals surface area contributed by atoms with Crippen molar-refractivity contribution in [3.8, 4) is 0 Å². The van der Waals surface area contributed by atoms with Gasteiger partial charge in [-0.1, -0.05) is 78.5 Å². The van der Waals surface area contributed by atoms with Gasteiger partial charge in [0.25, 0.3) is 0 Å². The largest absolute Gasteiger partial charge is 0.0895 e. The van der Waals surface area contributed by atoms with E-state index in [2.05, 4.69) is 78.9 Å². The van der Waals surface area contributed by atoms with E-state index in [0.29, 0.717) is 5.92 Å². The minimum Gasteiger partial charge on any atom is -0.0895 e. The highest BCUT2D eigenvalue weighted by Crippen LogP contribution is 2.46. The van der Waals surface area contributed by atoms with Gasteiger partial charge in [0.05, 0.1) is 0 Å². The van der Waals surface area contributed by atoms with E-state index < -0.39 is 0 Å². The van der Waals surface area contributed by atoms with E-state index in [0.717, 1.165) is 6.42 Å². The summed E-state index contributed by atoms with van der Waals surface area (Å²) in [5, 5.41) is 0. The Hall–Kier alpha value is -1.99. The monoisotopic (exact) mass is 288 g/mol. The molecular weight excluding hydrogens is 272 g/mol. The van der Waals surface area contributed by atoms with Crippen LogP contribution in [0.5, 0.6) is 0 Å². The Morgan fingerprint density at radius 3 is 1.76 bits per heavy atom. The van der Waals surface area contributed by atoms with Crippen LogP contribution in [-0.2, 0) is 6.42 Å². The maximum Gasteiger partial charge on any atom is 0.0160 e. The number of hydrogen-bond acceptors (Lipinski definition) is 1. The summed E-state index contributed by atoms with van der Waals surface area (Å²) in [6.07, 6.45) is 1.06. The Morgan fingerprint density at radius 2 is 1.14 bits per heavy atom. The summed E-state index contributed by atoms with van der Waals surface area (Å²) in [7, 11) is 0. The van der Waals surface area contributed by atoms with Crippen LogP contribution in [-0.4, -0.2) is 0 Å². The van der Waals surface area contributed by atoms with Gasteiger partial charge in [0.1, 0.15) is 0 Å². The standard InChI is InChI=1S/C20H16S/c1-2-8-15(9-3-1)14-18-16-10-4-6-12-19(16)21-20-13-7-5-11-17(18)20/h1-13,18H,14H2. The summed E-state index contributed by atoms with van der Waals surface area (Å²) in [5.41, 5.74) is 4.33. The molecule has 102 valence electrons. The molecule has 0 saturated heterocycles. The molecule has 0 N–H and O–H groups in total. The highest BCUT2D eigenvalue weighted by Gasteiger charge is 2.25. The van der Waals surface area contributed by atoms with Crippen molar-refractivity contribution in [3.63, 3.8) is 0 Å². The Kier molecular flexibility index (Phi) is 3.28. The first kappa shape index (κ1) is 12.7. The molecule has 0 unspecified atom stereocenters. The van der Waals surface area contributed by atoms with Crippen molar-refractivity contribution < 1.29 is 0 Å². The third-order valence-corrected chi connectivity index (χ3v) is 5.27. The third kappa shape index (κ3) is 2.38. The Bertz CT molecular complexity index is 716. The molecule has 0 radical (unpaired) electrons. The van der Waals surface area contributed by atoms with Crippen LogP contribution in [0.2, 0.25) is 0 Å². The van der Waals surface area contributed by atoms with Crippen LogP contribution in [0.15, 0.2) is 88.7 Å². The zero-order chi connectivity index (χ0) is 14.1. The average Bonchev–Trinajstić information content (AvgIpc) is 2.55. The maximum absolute atomic E-state index is 2.28. The van der Waals surface area contributed by atoms with Crippen molar-refractivity contribution in [1.82, 2.24) is 0 Å². The zero-order valence-electron chi connectivity index (χ0n) is 11.7. The van der Waals surface area contributed by atoms with Gasteiger partial charge in [0, 0.05) is 15.7 Å². The number of rotatable bonds is 2. The first-order valence-corrected chi connectivity index (χ1v) is 8.13. The van der Waals surface area contributed by atoms with E-state index in [-0.39, 0.29) is 0 Å². The first-order valence-electron chi connectivity index (χ1n) is 7.31. The summed E-state index contributed by atoms with van der Waals surface area (Å²) < 4.78 is 0. The van der Waals surface area contributed by atoms with Gasteiger partial charge in [0.15, 0.2) is 0 Å². The molecule has 0 bridgehead atoms. The molecule has 1 heterocycles. The normalized spacial score (nSPS) is 13.5. The van der Waals surface area contributed by atoms with Crippen molar-refractivity contribution in [1.29, 1.82) is 0 Å². The fourth-order valence-electron chi connectivity index (χ4n) is 3.08. The number of benzene rings is 3. The lowest BCUT2D eigenvalue weighted by Crippen LogP contribution is -2.11. The molecule has 0 atom stereocenters. The molecule has 1 aliphatic heterocycles. The summed E-state index contributed by atoms with van der Waals surface area (Å²) in [6.45, 7) is 0. The lowest BCUT2D eigenvalue weighted by Gasteiger charge is -2.28. The Balaban J connectivity index is 1.82. The van der Waals surface area contributed by atoms with Gasteiger partial charge < -0.3 is 0 Å². The molecule has 3 aromatic rings. The highest BCUT2D eigenvalue weighted by atomic mass is 32.2. The van der Waals surface area contributed by atoms with Crippen LogP contribution in [0.3, 0.4) is 0 Å². The molecular formula is C20H16S. The minimum absolute atomic E-state index is 0.459. The minimum atomic E-state index is 0.459. The van der Waals surface area contributed by atoms with Crippen molar-refractivity contribution in [2.75, 3.05) is 0 Å². The van der Waals surface area contributed by atoms with Gasteiger partial charge in [-0.3, -0.25) is 0 Å². The molecule has 0 amide bonds. The molecule has 1 aliphatic rings. The molecule has 0 nitrogen and oxygen atoms in total. The van der Waals surface area contributed by atoms with Gasteiger partial charge in [0.2, 0.25) is 0 Å². The smallest absolute Gasteiger partial charge is 0.0160 e. The topological polar surface area (TPSA) is 0 Å². The summed E-state index contributed by atoms with van der Waals surface area (Å²) in [4.78, 5) is 2.80. The third-order valence-electron chi connectivity index (χ3n) is 4.09. The van der Waals surface area contributed by atoms with Gasteiger partial charge in [-0.25, -0.2) is 0 Å². The van der Waals surface area contributed by atoms with Gasteiger partial charge in [-0.2, -0.15) is 0 Å². The number of fused-ring (bicyclic) bond motifs is 2. The Morgan fingerprint density at radius 1 is 0.619 bits per heavy atom. The van der Waals surface area contributed by atoms with Gasteiger partial charge in [-0.15, -0.1) is 0 Å². The van der Waals surface area contributed by atoms with Crippen molar-refractivity contribution >= 4 is 11.8 Å². The van der Waals surface area contributed by atoms with E-state index in [1.54, 1.807) is 0 Å². The average molecular weight is 288 g/mol. The molecule has 0 aliphatic carbocycles. The van der Waals surface area contributed by atoms with E-state index in [1.807, 2.05) is 11.8 Å². The predicted octanol–water partition coefficient (Wildman–Crippen LogP) is 5.53. The molecule has 0 fully saturated rings. The summed E-state index contributed by atoms with van der Waals surface area (Å²) in [6, 6.07) is 28.5. The predicted molar refractivity (Wildman–Crippen MR) is 89.0 cm³/mol. The summed E-state index contributed by atoms with van der Waals surface area (Å²) in [5.74, 6) is 0.459. The van der Waals surface area contributed by atoms with Crippen molar-refractivity contribution in [3.05, 3.63) is 95.6 Å². The van der Waals surface area contributed by atoms with E-state index in [4.69, 9.17) is 0 Å². The molecule has 1 heteroatoms. The molecule has 3 aromatic carbocycles. The van der Waals surface area contributed by atoms with Gasteiger partial charge in [-0.05, 0) is 35.2 Å². The fourth-order valence-corrected chi connectivity index (χ4v) is 4.26. The van der Waals surface area contributed by atoms with Crippen LogP contribution in [0.4, 0.5) is 0 Å².